The monoisotopic (exact) mass is 463 g/mol. The molecule has 0 bridgehead atoms. The Morgan fingerprint density at radius 1 is 1.09 bits per heavy atom. The number of pyridine rings is 2. The minimum atomic E-state index is -0.683. The van der Waals surface area contributed by atoms with Gasteiger partial charge < -0.3 is 20.6 Å². The fourth-order valence-electron chi connectivity index (χ4n) is 4.75. The average Bonchev–Trinajstić information content (AvgIpc) is 3.26. The van der Waals surface area contributed by atoms with Crippen molar-refractivity contribution in [2.45, 2.75) is 45.6 Å². The van der Waals surface area contributed by atoms with Crippen LogP contribution in [0.1, 0.15) is 60.4 Å². The standard InChI is InChI=1S/C25H29N5O4/c1-14-15(8-7-12-26-14)23(25(2)10-5-6-11-25)29-18-17(21(32)22(18)33)28-16-9-13-27-19(20(16)31)24(34)30(3)4/h7-9,12-13,23,29,31H,5-6,10-11H2,1-4H3,(H,27,28)/t23-/m0/s1. The van der Waals surface area contributed by atoms with Crippen molar-refractivity contribution in [2.24, 2.45) is 5.41 Å². The minimum absolute atomic E-state index is 0.0582. The van der Waals surface area contributed by atoms with Gasteiger partial charge in [0, 0.05) is 32.2 Å². The van der Waals surface area contributed by atoms with Crippen molar-refractivity contribution < 1.29 is 9.90 Å². The second-order valence-corrected chi connectivity index (χ2v) is 9.41. The lowest BCUT2D eigenvalue weighted by molar-refractivity contribution is 0.0819. The van der Waals surface area contributed by atoms with Crippen LogP contribution in [0.4, 0.5) is 17.1 Å². The van der Waals surface area contributed by atoms with Gasteiger partial charge >= 0.3 is 0 Å². The van der Waals surface area contributed by atoms with Crippen LogP contribution in [0, 0.1) is 12.3 Å². The molecule has 9 nitrogen and oxygen atoms in total. The lowest BCUT2D eigenvalue weighted by Crippen LogP contribution is -2.40. The first kappa shape index (κ1) is 23.4. The van der Waals surface area contributed by atoms with E-state index in [1.54, 1.807) is 20.3 Å². The van der Waals surface area contributed by atoms with E-state index in [2.05, 4.69) is 27.5 Å². The average molecular weight is 464 g/mol. The summed E-state index contributed by atoms with van der Waals surface area (Å²) in [5.74, 6) is -0.867. The van der Waals surface area contributed by atoms with Crippen LogP contribution in [-0.2, 0) is 0 Å². The molecule has 34 heavy (non-hydrogen) atoms. The Morgan fingerprint density at radius 3 is 2.41 bits per heavy atom. The molecule has 0 spiro atoms. The SMILES string of the molecule is Cc1ncccc1[C@H](Nc1c(Nc2ccnc(C(=O)N(C)C)c2O)c(=O)c1=O)C1(C)CCCC1. The zero-order chi connectivity index (χ0) is 24.6. The maximum atomic E-state index is 12.6. The Morgan fingerprint density at radius 2 is 1.76 bits per heavy atom. The fraction of sp³-hybridized carbons (Fsp3) is 0.400. The summed E-state index contributed by atoms with van der Waals surface area (Å²) in [7, 11) is 3.10. The summed E-state index contributed by atoms with van der Waals surface area (Å²) in [6.07, 6.45) is 7.25. The molecule has 0 radical (unpaired) electrons. The van der Waals surface area contributed by atoms with Crippen LogP contribution in [0.15, 0.2) is 40.2 Å². The van der Waals surface area contributed by atoms with E-state index >= 15 is 0 Å². The van der Waals surface area contributed by atoms with Gasteiger partial charge in [0.1, 0.15) is 11.4 Å². The van der Waals surface area contributed by atoms with Gasteiger partial charge in [0.2, 0.25) is 0 Å². The van der Waals surface area contributed by atoms with Gasteiger partial charge in [0.25, 0.3) is 16.8 Å². The highest BCUT2D eigenvalue weighted by atomic mass is 16.3. The van der Waals surface area contributed by atoms with Crippen molar-refractivity contribution >= 4 is 23.0 Å². The molecule has 3 aromatic rings. The van der Waals surface area contributed by atoms with Crippen molar-refractivity contribution in [3.05, 3.63) is 68.0 Å². The maximum absolute atomic E-state index is 12.6. The van der Waals surface area contributed by atoms with Crippen LogP contribution in [-0.4, -0.2) is 40.0 Å². The number of hydrogen-bond donors (Lipinski definition) is 3. The Balaban J connectivity index is 1.70. The molecular formula is C25H29N5O4. The second kappa shape index (κ2) is 8.89. The molecule has 4 rings (SSSR count). The van der Waals surface area contributed by atoms with Crippen LogP contribution in [0.5, 0.6) is 5.75 Å². The summed E-state index contributed by atoms with van der Waals surface area (Å²) in [6, 6.07) is 5.10. The number of nitrogens with one attached hydrogen (secondary N) is 2. The van der Waals surface area contributed by atoms with Crippen molar-refractivity contribution in [2.75, 3.05) is 24.7 Å². The fourth-order valence-corrected chi connectivity index (χ4v) is 4.75. The molecule has 1 aliphatic rings. The molecule has 3 N–H and O–H groups in total. The Labute approximate surface area is 197 Å². The first-order valence-electron chi connectivity index (χ1n) is 11.3. The van der Waals surface area contributed by atoms with Crippen molar-refractivity contribution in [3.63, 3.8) is 0 Å². The smallest absolute Gasteiger partial charge is 0.275 e. The van der Waals surface area contributed by atoms with E-state index in [4.69, 9.17) is 0 Å². The summed E-state index contributed by atoms with van der Waals surface area (Å²) in [5, 5.41) is 16.8. The maximum Gasteiger partial charge on any atom is 0.275 e. The molecule has 0 saturated heterocycles. The van der Waals surface area contributed by atoms with E-state index in [1.165, 1.54) is 17.2 Å². The molecule has 1 fully saturated rings. The molecule has 1 aliphatic carbocycles. The number of aryl methyl sites for hydroxylation is 1. The number of aromatic nitrogens is 2. The lowest BCUT2D eigenvalue weighted by atomic mass is 9.76. The van der Waals surface area contributed by atoms with Gasteiger partial charge in [-0.15, -0.1) is 0 Å². The van der Waals surface area contributed by atoms with Gasteiger partial charge in [-0.05, 0) is 42.9 Å². The zero-order valence-electron chi connectivity index (χ0n) is 19.8. The van der Waals surface area contributed by atoms with Crippen LogP contribution in [0.3, 0.4) is 0 Å². The van der Waals surface area contributed by atoms with E-state index in [0.717, 1.165) is 36.9 Å². The number of hydrogen-bond acceptors (Lipinski definition) is 8. The molecule has 0 aliphatic heterocycles. The first-order chi connectivity index (χ1) is 16.1. The van der Waals surface area contributed by atoms with Gasteiger partial charge in [-0.2, -0.15) is 0 Å². The van der Waals surface area contributed by atoms with E-state index in [9.17, 15) is 19.5 Å². The summed E-state index contributed by atoms with van der Waals surface area (Å²) >= 11 is 0. The van der Waals surface area contributed by atoms with Gasteiger partial charge in [0.05, 0.1) is 11.7 Å². The number of carbonyl (C=O) groups is 1. The summed E-state index contributed by atoms with van der Waals surface area (Å²) in [4.78, 5) is 47.1. The number of nitrogens with zero attached hydrogens (tertiary/aromatic N) is 3. The van der Waals surface area contributed by atoms with Gasteiger partial charge in [0.15, 0.2) is 11.4 Å². The van der Waals surface area contributed by atoms with Crippen molar-refractivity contribution in [1.29, 1.82) is 0 Å². The third kappa shape index (κ3) is 4.02. The van der Waals surface area contributed by atoms with Crippen molar-refractivity contribution in [3.8, 4) is 5.75 Å². The Kier molecular flexibility index (Phi) is 6.12. The lowest BCUT2D eigenvalue weighted by Gasteiger charge is -2.37. The highest BCUT2D eigenvalue weighted by Crippen LogP contribution is 2.49. The molecule has 2 heterocycles. The second-order valence-electron chi connectivity index (χ2n) is 9.41. The number of amides is 1. The first-order valence-corrected chi connectivity index (χ1v) is 11.3. The van der Waals surface area contributed by atoms with E-state index < -0.39 is 16.8 Å². The topological polar surface area (TPSA) is 125 Å². The van der Waals surface area contributed by atoms with E-state index in [-0.39, 0.29) is 40.0 Å². The predicted molar refractivity (Wildman–Crippen MR) is 130 cm³/mol. The highest BCUT2D eigenvalue weighted by Gasteiger charge is 2.40. The molecule has 0 unspecified atom stereocenters. The molecule has 178 valence electrons. The normalized spacial score (nSPS) is 15.8. The molecular weight excluding hydrogens is 434 g/mol. The summed E-state index contributed by atoms with van der Waals surface area (Å²) < 4.78 is 0. The zero-order valence-corrected chi connectivity index (χ0v) is 19.8. The van der Waals surface area contributed by atoms with Gasteiger partial charge in [-0.25, -0.2) is 4.98 Å². The largest absolute Gasteiger partial charge is 0.504 e. The number of rotatable bonds is 7. The molecule has 1 atom stereocenters. The molecule has 1 amide bonds. The third-order valence-corrected chi connectivity index (χ3v) is 6.79. The number of anilines is 3. The number of carbonyl (C=O) groups excluding carboxylic acids is 1. The molecule has 2 aromatic heterocycles. The van der Waals surface area contributed by atoms with Gasteiger partial charge in [-0.3, -0.25) is 19.4 Å². The Bertz CT molecular complexity index is 1300. The third-order valence-electron chi connectivity index (χ3n) is 6.79. The van der Waals surface area contributed by atoms with Crippen molar-refractivity contribution in [1.82, 2.24) is 14.9 Å². The summed E-state index contributed by atoms with van der Waals surface area (Å²) in [6.45, 7) is 4.12. The van der Waals surface area contributed by atoms with E-state index in [1.807, 2.05) is 19.1 Å². The molecule has 1 saturated carbocycles. The number of aromatic hydroxyl groups is 1. The molecule has 1 aromatic carbocycles. The Hall–Kier alpha value is -3.75. The minimum Gasteiger partial charge on any atom is -0.504 e. The van der Waals surface area contributed by atoms with Gasteiger partial charge in [-0.1, -0.05) is 25.8 Å². The van der Waals surface area contributed by atoms with E-state index in [0.29, 0.717) is 0 Å². The predicted octanol–water partition coefficient (Wildman–Crippen LogP) is 3.27. The molecule has 9 heteroatoms. The quantitative estimate of drug-likeness (QED) is 0.456. The summed E-state index contributed by atoms with van der Waals surface area (Å²) in [5.41, 5.74) is 0.630. The highest BCUT2D eigenvalue weighted by molar-refractivity contribution is 5.97. The van der Waals surface area contributed by atoms with Crippen LogP contribution in [0.25, 0.3) is 0 Å². The van der Waals surface area contributed by atoms with Crippen LogP contribution in [0.2, 0.25) is 0 Å². The van der Waals surface area contributed by atoms with Crippen LogP contribution >= 0.6 is 0 Å². The van der Waals surface area contributed by atoms with Crippen LogP contribution < -0.4 is 21.5 Å².